The van der Waals surface area contributed by atoms with E-state index in [0.717, 1.165) is 61.7 Å². The van der Waals surface area contributed by atoms with E-state index in [1.165, 1.54) is 18.4 Å². The van der Waals surface area contributed by atoms with Gasteiger partial charge in [0.05, 0.1) is 10.6 Å². The number of benzene rings is 2. The molecule has 2 aliphatic rings. The van der Waals surface area contributed by atoms with Gasteiger partial charge in [-0.15, -0.1) is 0 Å². The summed E-state index contributed by atoms with van der Waals surface area (Å²) in [7, 11) is 0. The molecule has 2 saturated heterocycles. The third-order valence-electron chi connectivity index (χ3n) is 7.39. The summed E-state index contributed by atoms with van der Waals surface area (Å²) in [6, 6.07) is 20.9. The van der Waals surface area contributed by atoms with E-state index < -0.39 is 0 Å². The normalized spacial score (nSPS) is 17.6. The maximum Gasteiger partial charge on any atom is 0.253 e. The molecule has 0 atom stereocenters. The van der Waals surface area contributed by atoms with E-state index in [2.05, 4.69) is 65.2 Å². The van der Waals surface area contributed by atoms with Gasteiger partial charge < -0.3 is 10.2 Å². The summed E-state index contributed by atoms with van der Waals surface area (Å²) in [6.07, 6.45) is 4.06. The summed E-state index contributed by atoms with van der Waals surface area (Å²) in [5, 5.41) is 3.47. The van der Waals surface area contributed by atoms with Gasteiger partial charge in [-0.25, -0.2) is 4.98 Å². The van der Waals surface area contributed by atoms with E-state index in [1.54, 1.807) is 12.3 Å². The highest BCUT2D eigenvalue weighted by Crippen LogP contribution is 2.27. The molecule has 3 aromatic rings. The first-order valence-electron chi connectivity index (χ1n) is 13.0. The second-order valence-corrected chi connectivity index (χ2v) is 11.2. The lowest BCUT2D eigenvalue weighted by molar-refractivity contribution is 0.0950. The Morgan fingerprint density at radius 3 is 2.32 bits per heavy atom. The molecule has 2 aromatic carbocycles. The van der Waals surface area contributed by atoms with E-state index >= 15 is 0 Å². The van der Waals surface area contributed by atoms with Gasteiger partial charge >= 0.3 is 0 Å². The Bertz CT molecular complexity index is 1180. The van der Waals surface area contributed by atoms with Crippen LogP contribution in [0, 0.1) is 0 Å². The van der Waals surface area contributed by atoms with Crippen LogP contribution in [-0.2, 0) is 13.1 Å². The highest BCUT2D eigenvalue weighted by molar-refractivity contribution is 9.10. The van der Waals surface area contributed by atoms with Crippen LogP contribution in [-0.4, -0.2) is 66.0 Å². The predicted molar refractivity (Wildman–Crippen MR) is 153 cm³/mol. The summed E-state index contributed by atoms with van der Waals surface area (Å²) in [6.45, 7) is 7.59. The van der Waals surface area contributed by atoms with Crippen molar-refractivity contribution in [3.05, 3.63) is 93.0 Å². The average Bonchev–Trinajstić information content (AvgIpc) is 2.94. The smallest absolute Gasteiger partial charge is 0.253 e. The van der Waals surface area contributed by atoms with Crippen LogP contribution in [0.3, 0.4) is 0 Å². The van der Waals surface area contributed by atoms with Gasteiger partial charge in [0.1, 0.15) is 5.82 Å². The fourth-order valence-corrected chi connectivity index (χ4v) is 5.81. The van der Waals surface area contributed by atoms with Crippen molar-refractivity contribution in [1.82, 2.24) is 20.1 Å². The third-order valence-corrected chi connectivity index (χ3v) is 8.19. The van der Waals surface area contributed by atoms with Gasteiger partial charge in [-0.3, -0.25) is 14.6 Å². The van der Waals surface area contributed by atoms with Crippen LogP contribution < -0.4 is 10.2 Å². The van der Waals surface area contributed by atoms with E-state index in [4.69, 9.17) is 11.6 Å². The van der Waals surface area contributed by atoms with Gasteiger partial charge in [0.15, 0.2) is 0 Å². The fourth-order valence-electron chi connectivity index (χ4n) is 5.26. The number of piperazine rings is 1. The lowest BCUT2D eigenvalue weighted by Crippen LogP contribution is -2.53. The largest absolute Gasteiger partial charge is 0.353 e. The van der Waals surface area contributed by atoms with Crippen LogP contribution in [0.4, 0.5) is 5.82 Å². The van der Waals surface area contributed by atoms with Gasteiger partial charge in [0, 0.05) is 56.0 Å². The van der Waals surface area contributed by atoms with Crippen molar-refractivity contribution in [2.45, 2.75) is 32.0 Å². The number of likely N-dealkylation sites (tertiary alicyclic amines) is 1. The predicted octanol–water partition coefficient (Wildman–Crippen LogP) is 5.21. The first-order valence-corrected chi connectivity index (χ1v) is 14.2. The number of hydrogen-bond donors (Lipinski definition) is 1. The maximum atomic E-state index is 12.6. The minimum atomic E-state index is -0.166. The molecule has 3 heterocycles. The summed E-state index contributed by atoms with van der Waals surface area (Å²) in [5.41, 5.74) is 2.91. The molecule has 2 aliphatic heterocycles. The molecule has 0 unspecified atom stereocenters. The van der Waals surface area contributed by atoms with Crippen LogP contribution in [0.15, 0.2) is 71.3 Å². The standard InChI is InChI=1S/C29H33BrClN5O/c30-25-8-6-23(7-9-25)21-34-12-10-26(11-13-34)35-14-16-36(17-15-35)28-27(31)18-24(20-32-28)29(37)33-19-22-4-2-1-3-5-22/h1-9,18,20,26H,10-17,19,21H2,(H,33,37). The molecule has 0 bridgehead atoms. The Hall–Kier alpha value is -2.45. The Labute approximate surface area is 232 Å². The third kappa shape index (κ3) is 6.90. The number of anilines is 1. The summed E-state index contributed by atoms with van der Waals surface area (Å²) < 4.78 is 1.13. The molecule has 37 heavy (non-hydrogen) atoms. The molecular formula is C29H33BrClN5O. The zero-order chi connectivity index (χ0) is 25.6. The molecule has 0 saturated carbocycles. The van der Waals surface area contributed by atoms with E-state index in [-0.39, 0.29) is 5.91 Å². The highest BCUT2D eigenvalue weighted by atomic mass is 79.9. The van der Waals surface area contributed by atoms with E-state index in [0.29, 0.717) is 23.2 Å². The lowest BCUT2D eigenvalue weighted by atomic mass is 10.0. The number of pyridine rings is 1. The quantitative estimate of drug-likeness (QED) is 0.414. The minimum Gasteiger partial charge on any atom is -0.353 e. The maximum absolute atomic E-state index is 12.6. The van der Waals surface area contributed by atoms with Gasteiger partial charge in [-0.05, 0) is 55.3 Å². The summed E-state index contributed by atoms with van der Waals surface area (Å²) >= 11 is 10.1. The average molecular weight is 583 g/mol. The number of aromatic nitrogens is 1. The molecule has 8 heteroatoms. The molecule has 0 aliphatic carbocycles. The minimum absolute atomic E-state index is 0.166. The Morgan fingerprint density at radius 1 is 0.946 bits per heavy atom. The molecule has 2 fully saturated rings. The highest BCUT2D eigenvalue weighted by Gasteiger charge is 2.28. The van der Waals surface area contributed by atoms with Crippen LogP contribution in [0.2, 0.25) is 5.02 Å². The van der Waals surface area contributed by atoms with Crippen molar-refractivity contribution in [3.63, 3.8) is 0 Å². The second-order valence-electron chi connectivity index (χ2n) is 9.85. The SMILES string of the molecule is O=C(NCc1ccccc1)c1cnc(N2CCN(C3CCN(Cc4ccc(Br)cc4)CC3)CC2)c(Cl)c1. The fraction of sp³-hybridized carbons (Fsp3) is 0.379. The number of piperidine rings is 1. The van der Waals surface area contributed by atoms with Gasteiger partial charge in [0.25, 0.3) is 5.91 Å². The number of halogens is 2. The number of hydrogen-bond acceptors (Lipinski definition) is 5. The Balaban J connectivity index is 1.08. The number of carbonyl (C=O) groups excluding carboxylic acids is 1. The first kappa shape index (κ1) is 26.2. The molecule has 0 radical (unpaired) electrons. The van der Waals surface area contributed by atoms with Crippen molar-refractivity contribution in [1.29, 1.82) is 0 Å². The Morgan fingerprint density at radius 2 is 1.65 bits per heavy atom. The molecule has 0 spiro atoms. The summed E-state index contributed by atoms with van der Waals surface area (Å²) in [4.78, 5) is 24.6. The number of rotatable bonds is 7. The topological polar surface area (TPSA) is 51.7 Å². The number of carbonyl (C=O) groups is 1. The molecular weight excluding hydrogens is 550 g/mol. The Kier molecular flexibility index (Phi) is 8.77. The van der Waals surface area contributed by atoms with Crippen LogP contribution in [0.25, 0.3) is 0 Å². The molecule has 6 nitrogen and oxygen atoms in total. The van der Waals surface area contributed by atoms with Gasteiger partial charge in [-0.1, -0.05) is 70.0 Å². The number of nitrogens with one attached hydrogen (secondary N) is 1. The second kappa shape index (κ2) is 12.4. The molecule has 1 N–H and O–H groups in total. The van der Waals surface area contributed by atoms with Crippen molar-refractivity contribution in [3.8, 4) is 0 Å². The molecule has 194 valence electrons. The van der Waals surface area contributed by atoms with Crippen LogP contribution >= 0.6 is 27.5 Å². The van der Waals surface area contributed by atoms with Gasteiger partial charge in [0.2, 0.25) is 0 Å². The molecule has 1 aromatic heterocycles. The lowest BCUT2D eigenvalue weighted by Gasteiger charge is -2.43. The van der Waals surface area contributed by atoms with Crippen molar-refractivity contribution in [2.24, 2.45) is 0 Å². The number of nitrogens with zero attached hydrogens (tertiary/aromatic N) is 4. The van der Waals surface area contributed by atoms with E-state index in [1.807, 2.05) is 30.3 Å². The number of amides is 1. The first-order chi connectivity index (χ1) is 18.0. The molecule has 5 rings (SSSR count). The zero-order valence-electron chi connectivity index (χ0n) is 21.0. The van der Waals surface area contributed by atoms with Gasteiger partial charge in [-0.2, -0.15) is 0 Å². The van der Waals surface area contributed by atoms with Crippen molar-refractivity contribution >= 4 is 39.3 Å². The summed E-state index contributed by atoms with van der Waals surface area (Å²) in [5.74, 6) is 0.603. The molecule has 1 amide bonds. The zero-order valence-corrected chi connectivity index (χ0v) is 23.3. The van der Waals surface area contributed by atoms with Crippen LogP contribution in [0.1, 0.15) is 34.3 Å². The van der Waals surface area contributed by atoms with Crippen molar-refractivity contribution in [2.75, 3.05) is 44.2 Å². The monoisotopic (exact) mass is 581 g/mol. The van der Waals surface area contributed by atoms with Crippen molar-refractivity contribution < 1.29 is 4.79 Å². The van der Waals surface area contributed by atoms with E-state index in [9.17, 15) is 4.79 Å². The van der Waals surface area contributed by atoms with Crippen LogP contribution in [0.5, 0.6) is 0 Å².